The smallest absolute Gasteiger partial charge is 0.126 e. The summed E-state index contributed by atoms with van der Waals surface area (Å²) in [5.74, 6) is -0.159. The molecule has 1 unspecified atom stereocenters. The number of hydrogen-bond acceptors (Lipinski definition) is 2. The molecule has 2 aliphatic rings. The van der Waals surface area contributed by atoms with Crippen LogP contribution in [0.25, 0.3) is 0 Å². The summed E-state index contributed by atoms with van der Waals surface area (Å²) in [5, 5.41) is 3.59. The lowest BCUT2D eigenvalue weighted by molar-refractivity contribution is 0.250. The van der Waals surface area contributed by atoms with E-state index >= 15 is 0 Å². The number of benzene rings is 1. The maximum Gasteiger partial charge on any atom is 0.126 e. The molecule has 1 aliphatic heterocycles. The van der Waals surface area contributed by atoms with Gasteiger partial charge in [-0.25, -0.2) is 8.78 Å². The summed E-state index contributed by atoms with van der Waals surface area (Å²) in [4.78, 5) is 2.32. The molecule has 104 valence electrons. The van der Waals surface area contributed by atoms with E-state index in [0.717, 1.165) is 43.6 Å². The summed E-state index contributed by atoms with van der Waals surface area (Å²) < 4.78 is 26.4. The number of nitrogens with one attached hydrogen (secondary N) is 1. The maximum atomic E-state index is 13.2. The molecular weight excluding hydrogens is 246 g/mol. The van der Waals surface area contributed by atoms with Crippen LogP contribution in [-0.2, 0) is 6.54 Å². The number of hydrogen-bond donors (Lipinski definition) is 1. The van der Waals surface area contributed by atoms with Gasteiger partial charge in [-0.1, -0.05) is 0 Å². The van der Waals surface area contributed by atoms with Crippen molar-refractivity contribution in [3.63, 3.8) is 0 Å². The van der Waals surface area contributed by atoms with Crippen LogP contribution < -0.4 is 5.32 Å². The standard InChI is InChI=1S/C15H20F2N2/c16-13-6-11(7-14(17)8-13)9-19-5-1-4-18-15(10-19)12-2-3-12/h6-8,12,15,18H,1-5,9-10H2. The quantitative estimate of drug-likeness (QED) is 0.904. The zero-order valence-electron chi connectivity index (χ0n) is 11.0. The first-order valence-electron chi connectivity index (χ1n) is 7.11. The number of rotatable bonds is 3. The third kappa shape index (κ3) is 3.51. The van der Waals surface area contributed by atoms with Gasteiger partial charge in [0.1, 0.15) is 11.6 Å². The van der Waals surface area contributed by atoms with Crippen molar-refractivity contribution in [1.82, 2.24) is 10.2 Å². The number of halogens is 2. The Hall–Kier alpha value is -1.00. The van der Waals surface area contributed by atoms with Crippen molar-refractivity contribution >= 4 is 0 Å². The van der Waals surface area contributed by atoms with Gasteiger partial charge in [0, 0.05) is 25.2 Å². The minimum absolute atomic E-state index is 0.485. The Kier molecular flexibility index (Phi) is 3.80. The van der Waals surface area contributed by atoms with E-state index in [-0.39, 0.29) is 0 Å². The van der Waals surface area contributed by atoms with Crippen molar-refractivity contribution in [2.45, 2.75) is 31.8 Å². The van der Waals surface area contributed by atoms with Gasteiger partial charge in [-0.15, -0.1) is 0 Å². The third-order valence-corrected chi connectivity index (χ3v) is 4.03. The summed E-state index contributed by atoms with van der Waals surface area (Å²) >= 11 is 0. The summed E-state index contributed by atoms with van der Waals surface area (Å²) in [6.07, 6.45) is 3.74. The molecule has 1 aromatic rings. The van der Waals surface area contributed by atoms with E-state index in [1.54, 1.807) is 0 Å². The lowest BCUT2D eigenvalue weighted by Crippen LogP contribution is -2.38. The summed E-state index contributed by atoms with van der Waals surface area (Å²) in [5.41, 5.74) is 0.731. The zero-order valence-corrected chi connectivity index (χ0v) is 11.0. The van der Waals surface area contributed by atoms with Crippen LogP contribution >= 0.6 is 0 Å². The largest absolute Gasteiger partial charge is 0.312 e. The molecule has 1 aromatic carbocycles. The molecule has 1 aliphatic carbocycles. The predicted molar refractivity (Wildman–Crippen MR) is 70.8 cm³/mol. The SMILES string of the molecule is Fc1cc(F)cc(CN2CCCNC(C3CC3)C2)c1. The maximum absolute atomic E-state index is 13.2. The molecule has 19 heavy (non-hydrogen) atoms. The van der Waals surface area contributed by atoms with Gasteiger partial charge in [0.2, 0.25) is 0 Å². The van der Waals surface area contributed by atoms with Crippen molar-refractivity contribution in [3.8, 4) is 0 Å². The van der Waals surface area contributed by atoms with Crippen LogP contribution in [0.3, 0.4) is 0 Å². The van der Waals surface area contributed by atoms with Gasteiger partial charge >= 0.3 is 0 Å². The van der Waals surface area contributed by atoms with Crippen LogP contribution in [0.2, 0.25) is 0 Å². The van der Waals surface area contributed by atoms with Crippen molar-refractivity contribution in [3.05, 3.63) is 35.4 Å². The van der Waals surface area contributed by atoms with Crippen LogP contribution in [-0.4, -0.2) is 30.6 Å². The third-order valence-electron chi connectivity index (χ3n) is 4.03. The molecule has 2 nitrogen and oxygen atoms in total. The van der Waals surface area contributed by atoms with Gasteiger partial charge in [-0.3, -0.25) is 4.90 Å². The van der Waals surface area contributed by atoms with E-state index < -0.39 is 11.6 Å². The van der Waals surface area contributed by atoms with Crippen molar-refractivity contribution < 1.29 is 8.78 Å². The summed E-state index contributed by atoms with van der Waals surface area (Å²) in [7, 11) is 0. The Bertz CT molecular complexity index is 426. The first kappa shape index (κ1) is 13.0. The topological polar surface area (TPSA) is 15.3 Å². The van der Waals surface area contributed by atoms with Crippen LogP contribution in [0, 0.1) is 17.6 Å². The Morgan fingerprint density at radius 1 is 1.16 bits per heavy atom. The van der Waals surface area contributed by atoms with Gasteiger partial charge < -0.3 is 5.32 Å². The summed E-state index contributed by atoms with van der Waals surface area (Å²) in [6, 6.07) is 4.36. The molecule has 0 radical (unpaired) electrons. The first-order valence-corrected chi connectivity index (χ1v) is 7.11. The minimum Gasteiger partial charge on any atom is -0.312 e. The highest BCUT2D eigenvalue weighted by atomic mass is 19.1. The Morgan fingerprint density at radius 3 is 2.58 bits per heavy atom. The summed E-state index contributed by atoms with van der Waals surface area (Å²) in [6.45, 7) is 3.67. The molecule has 0 aromatic heterocycles. The Morgan fingerprint density at radius 2 is 1.89 bits per heavy atom. The fraction of sp³-hybridized carbons (Fsp3) is 0.600. The normalized spacial score (nSPS) is 25.3. The highest BCUT2D eigenvalue weighted by Crippen LogP contribution is 2.33. The first-order chi connectivity index (χ1) is 9.20. The van der Waals surface area contributed by atoms with Gasteiger partial charge in [0.15, 0.2) is 0 Å². The fourth-order valence-electron chi connectivity index (χ4n) is 2.94. The fourth-order valence-corrected chi connectivity index (χ4v) is 2.94. The number of nitrogens with zero attached hydrogens (tertiary/aromatic N) is 1. The lowest BCUT2D eigenvalue weighted by atomic mass is 10.1. The van der Waals surface area contributed by atoms with E-state index in [9.17, 15) is 8.78 Å². The van der Waals surface area contributed by atoms with Crippen molar-refractivity contribution in [1.29, 1.82) is 0 Å². The van der Waals surface area contributed by atoms with Gasteiger partial charge in [-0.2, -0.15) is 0 Å². The van der Waals surface area contributed by atoms with Crippen molar-refractivity contribution in [2.75, 3.05) is 19.6 Å². The molecular formula is C15H20F2N2. The molecule has 0 amide bonds. The molecule has 0 spiro atoms. The minimum atomic E-state index is -0.485. The van der Waals surface area contributed by atoms with E-state index in [2.05, 4.69) is 10.2 Å². The monoisotopic (exact) mass is 266 g/mol. The van der Waals surface area contributed by atoms with Gasteiger partial charge in [-0.05, 0) is 56.0 Å². The molecule has 2 fully saturated rings. The molecule has 1 saturated carbocycles. The Balaban J connectivity index is 1.66. The van der Waals surface area contributed by atoms with E-state index in [1.165, 1.54) is 25.0 Å². The van der Waals surface area contributed by atoms with Crippen molar-refractivity contribution in [2.24, 2.45) is 5.92 Å². The van der Waals surface area contributed by atoms with Gasteiger partial charge in [0.05, 0.1) is 0 Å². The second-order valence-electron chi connectivity index (χ2n) is 5.76. The highest BCUT2D eigenvalue weighted by molar-refractivity contribution is 5.17. The predicted octanol–water partition coefficient (Wildman–Crippen LogP) is 2.54. The molecule has 0 bridgehead atoms. The van der Waals surface area contributed by atoms with Crippen LogP contribution in [0.4, 0.5) is 8.78 Å². The zero-order chi connectivity index (χ0) is 13.2. The molecule has 1 atom stereocenters. The van der Waals surface area contributed by atoms with Gasteiger partial charge in [0.25, 0.3) is 0 Å². The van der Waals surface area contributed by atoms with Crippen LogP contribution in [0.15, 0.2) is 18.2 Å². The molecule has 4 heteroatoms. The van der Waals surface area contributed by atoms with E-state index in [0.29, 0.717) is 12.6 Å². The Labute approximate surface area is 112 Å². The second-order valence-corrected chi connectivity index (χ2v) is 5.76. The molecule has 1 N–H and O–H groups in total. The van der Waals surface area contributed by atoms with Crippen LogP contribution in [0.1, 0.15) is 24.8 Å². The van der Waals surface area contributed by atoms with E-state index in [1.807, 2.05) is 0 Å². The molecule has 3 rings (SSSR count). The average Bonchev–Trinajstić information content (AvgIpc) is 3.13. The average molecular weight is 266 g/mol. The lowest BCUT2D eigenvalue weighted by Gasteiger charge is -2.24. The molecule has 1 heterocycles. The van der Waals surface area contributed by atoms with E-state index in [4.69, 9.17) is 0 Å². The van der Waals surface area contributed by atoms with Crippen LogP contribution in [0.5, 0.6) is 0 Å². The molecule has 1 saturated heterocycles. The highest BCUT2D eigenvalue weighted by Gasteiger charge is 2.32. The second kappa shape index (κ2) is 5.55.